The van der Waals surface area contributed by atoms with Crippen molar-refractivity contribution in [3.05, 3.63) is 0 Å². The first-order valence-corrected chi connectivity index (χ1v) is 8.28. The molecule has 3 aliphatic carbocycles. The summed E-state index contributed by atoms with van der Waals surface area (Å²) in [5, 5.41) is 3.00. The first-order valence-electron chi connectivity index (χ1n) is 8.28. The number of rotatable bonds is 4. The third kappa shape index (κ3) is 2.13. The van der Waals surface area contributed by atoms with Crippen molar-refractivity contribution in [3.63, 3.8) is 0 Å². The SMILES string of the molecule is O=C1CN(CC(C2CC2)C2CC2)C(=O)C2(CCCC2)N1. The zero-order chi connectivity index (χ0) is 13.7. The van der Waals surface area contributed by atoms with Crippen LogP contribution in [0.3, 0.4) is 0 Å². The molecule has 1 aliphatic heterocycles. The van der Waals surface area contributed by atoms with Crippen LogP contribution in [0.2, 0.25) is 0 Å². The van der Waals surface area contributed by atoms with Crippen molar-refractivity contribution in [2.24, 2.45) is 17.8 Å². The Balaban J connectivity index is 1.50. The van der Waals surface area contributed by atoms with Crippen LogP contribution in [0.15, 0.2) is 0 Å². The summed E-state index contributed by atoms with van der Waals surface area (Å²) >= 11 is 0. The van der Waals surface area contributed by atoms with Crippen LogP contribution in [-0.4, -0.2) is 35.3 Å². The van der Waals surface area contributed by atoms with Crippen molar-refractivity contribution in [2.45, 2.75) is 56.9 Å². The summed E-state index contributed by atoms with van der Waals surface area (Å²) in [6.45, 7) is 1.12. The van der Waals surface area contributed by atoms with Crippen LogP contribution in [0.5, 0.6) is 0 Å². The monoisotopic (exact) mass is 276 g/mol. The molecule has 1 saturated heterocycles. The smallest absolute Gasteiger partial charge is 0.248 e. The summed E-state index contributed by atoms with van der Waals surface area (Å²) in [6.07, 6.45) is 9.14. The average molecular weight is 276 g/mol. The highest BCUT2D eigenvalue weighted by Gasteiger charge is 2.50. The highest BCUT2D eigenvalue weighted by atomic mass is 16.2. The summed E-state index contributed by atoms with van der Waals surface area (Å²) in [5.74, 6) is 2.60. The maximum atomic E-state index is 12.8. The van der Waals surface area contributed by atoms with Gasteiger partial charge in [-0.15, -0.1) is 0 Å². The Morgan fingerprint density at radius 2 is 1.70 bits per heavy atom. The molecule has 0 atom stereocenters. The van der Waals surface area contributed by atoms with Crippen LogP contribution < -0.4 is 5.32 Å². The Hall–Kier alpha value is -1.06. The van der Waals surface area contributed by atoms with E-state index in [0.29, 0.717) is 5.92 Å². The fourth-order valence-corrected chi connectivity index (χ4v) is 4.36. The predicted octanol–water partition coefficient (Wildman–Crippen LogP) is 1.69. The molecule has 0 radical (unpaired) electrons. The third-order valence-corrected chi connectivity index (χ3v) is 5.75. The van der Waals surface area contributed by atoms with E-state index in [4.69, 9.17) is 0 Å². The zero-order valence-electron chi connectivity index (χ0n) is 12.1. The minimum atomic E-state index is -0.535. The molecular weight excluding hydrogens is 252 g/mol. The summed E-state index contributed by atoms with van der Waals surface area (Å²) in [5.41, 5.74) is -0.535. The molecule has 0 bridgehead atoms. The topological polar surface area (TPSA) is 49.4 Å². The number of amides is 2. The number of piperazine rings is 1. The molecule has 4 nitrogen and oxygen atoms in total. The lowest BCUT2D eigenvalue weighted by Crippen LogP contribution is -2.66. The number of carbonyl (C=O) groups is 2. The normalized spacial score (nSPS) is 29.4. The van der Waals surface area contributed by atoms with Gasteiger partial charge in [0.15, 0.2) is 0 Å². The highest BCUT2D eigenvalue weighted by Crippen LogP contribution is 2.49. The Labute approximate surface area is 120 Å². The lowest BCUT2D eigenvalue weighted by molar-refractivity contribution is -0.150. The molecular formula is C16H24N2O2. The molecule has 1 spiro atoms. The molecule has 0 aromatic heterocycles. The number of hydrogen-bond donors (Lipinski definition) is 1. The Morgan fingerprint density at radius 3 is 2.25 bits per heavy atom. The molecule has 3 saturated carbocycles. The van der Waals surface area contributed by atoms with Crippen LogP contribution in [0.25, 0.3) is 0 Å². The van der Waals surface area contributed by atoms with Crippen molar-refractivity contribution in [2.75, 3.05) is 13.1 Å². The number of nitrogens with one attached hydrogen (secondary N) is 1. The molecule has 1 N–H and O–H groups in total. The van der Waals surface area contributed by atoms with Gasteiger partial charge in [0.25, 0.3) is 0 Å². The molecule has 20 heavy (non-hydrogen) atoms. The number of hydrogen-bond acceptors (Lipinski definition) is 2. The van der Waals surface area contributed by atoms with E-state index >= 15 is 0 Å². The van der Waals surface area contributed by atoms with Crippen LogP contribution in [0.4, 0.5) is 0 Å². The van der Waals surface area contributed by atoms with Crippen molar-refractivity contribution in [3.8, 4) is 0 Å². The first-order chi connectivity index (χ1) is 9.68. The molecule has 1 heterocycles. The van der Waals surface area contributed by atoms with Gasteiger partial charge in [-0.25, -0.2) is 0 Å². The quantitative estimate of drug-likeness (QED) is 0.849. The summed E-state index contributed by atoms with van der Waals surface area (Å²) in [4.78, 5) is 26.7. The Morgan fingerprint density at radius 1 is 1.10 bits per heavy atom. The van der Waals surface area contributed by atoms with Gasteiger partial charge in [-0.05, 0) is 56.3 Å². The number of carbonyl (C=O) groups excluding carboxylic acids is 2. The second kappa shape index (κ2) is 4.47. The number of nitrogens with zero attached hydrogens (tertiary/aromatic N) is 1. The molecule has 4 rings (SSSR count). The third-order valence-electron chi connectivity index (χ3n) is 5.75. The van der Waals surface area contributed by atoms with E-state index in [0.717, 1.165) is 44.1 Å². The molecule has 4 aliphatic rings. The van der Waals surface area contributed by atoms with Gasteiger partial charge >= 0.3 is 0 Å². The summed E-state index contributed by atoms with van der Waals surface area (Å²) < 4.78 is 0. The van der Waals surface area contributed by atoms with Crippen molar-refractivity contribution < 1.29 is 9.59 Å². The Bertz CT molecular complexity index is 422. The van der Waals surface area contributed by atoms with Gasteiger partial charge in [0.2, 0.25) is 11.8 Å². The molecule has 110 valence electrons. The maximum absolute atomic E-state index is 12.8. The predicted molar refractivity (Wildman–Crippen MR) is 74.9 cm³/mol. The van der Waals surface area contributed by atoms with Gasteiger partial charge in [0, 0.05) is 6.54 Å². The van der Waals surface area contributed by atoms with E-state index in [1.54, 1.807) is 0 Å². The zero-order valence-corrected chi connectivity index (χ0v) is 12.1. The summed E-state index contributed by atoms with van der Waals surface area (Å²) in [7, 11) is 0. The molecule has 4 fully saturated rings. The van der Waals surface area contributed by atoms with Crippen LogP contribution in [0, 0.1) is 17.8 Å². The average Bonchev–Trinajstić information content (AvgIpc) is 3.32. The van der Waals surface area contributed by atoms with E-state index in [1.807, 2.05) is 4.90 Å². The van der Waals surface area contributed by atoms with Gasteiger partial charge in [0.05, 0.1) is 6.54 Å². The Kier molecular flexibility index (Phi) is 2.83. The van der Waals surface area contributed by atoms with E-state index < -0.39 is 5.54 Å². The summed E-state index contributed by atoms with van der Waals surface area (Å²) in [6, 6.07) is 0. The molecule has 4 heteroatoms. The molecule has 2 amide bonds. The fraction of sp³-hybridized carbons (Fsp3) is 0.875. The van der Waals surface area contributed by atoms with Gasteiger partial charge in [-0.1, -0.05) is 12.8 Å². The maximum Gasteiger partial charge on any atom is 0.248 e. The second-order valence-electron chi connectivity index (χ2n) is 7.36. The van der Waals surface area contributed by atoms with Crippen LogP contribution in [-0.2, 0) is 9.59 Å². The van der Waals surface area contributed by atoms with Crippen molar-refractivity contribution >= 4 is 11.8 Å². The van der Waals surface area contributed by atoms with E-state index in [9.17, 15) is 9.59 Å². The lowest BCUT2D eigenvalue weighted by atomic mass is 9.90. The molecule has 0 aromatic rings. The minimum absolute atomic E-state index is 0.0526. The second-order valence-corrected chi connectivity index (χ2v) is 7.36. The highest BCUT2D eigenvalue weighted by molar-refractivity contribution is 5.98. The standard InChI is InChI=1S/C16H24N2O2/c19-14-10-18(9-13(11-3-4-11)12-5-6-12)15(20)16(17-14)7-1-2-8-16/h11-13H,1-10H2,(H,17,19). The van der Waals surface area contributed by atoms with Gasteiger partial charge < -0.3 is 10.2 Å². The van der Waals surface area contributed by atoms with E-state index in [2.05, 4.69) is 5.32 Å². The minimum Gasteiger partial charge on any atom is -0.340 e. The lowest BCUT2D eigenvalue weighted by Gasteiger charge is -2.41. The molecule has 0 aromatic carbocycles. The first kappa shape index (κ1) is 12.7. The van der Waals surface area contributed by atoms with E-state index in [-0.39, 0.29) is 18.4 Å². The van der Waals surface area contributed by atoms with Crippen LogP contribution >= 0.6 is 0 Å². The van der Waals surface area contributed by atoms with Gasteiger partial charge in [-0.3, -0.25) is 9.59 Å². The fourth-order valence-electron chi connectivity index (χ4n) is 4.36. The van der Waals surface area contributed by atoms with Crippen molar-refractivity contribution in [1.29, 1.82) is 0 Å². The van der Waals surface area contributed by atoms with Gasteiger partial charge in [-0.2, -0.15) is 0 Å². The molecule has 0 unspecified atom stereocenters. The van der Waals surface area contributed by atoms with Crippen LogP contribution in [0.1, 0.15) is 51.4 Å². The largest absolute Gasteiger partial charge is 0.340 e. The van der Waals surface area contributed by atoms with Gasteiger partial charge in [0.1, 0.15) is 5.54 Å². The van der Waals surface area contributed by atoms with Crippen molar-refractivity contribution in [1.82, 2.24) is 10.2 Å². The van der Waals surface area contributed by atoms with E-state index in [1.165, 1.54) is 25.7 Å².